The number of hydrogen-bond donors (Lipinski definition) is 3. The first-order valence-electron chi connectivity index (χ1n) is 12.7. The number of fused-ring (bicyclic) bond motifs is 1. The Labute approximate surface area is 250 Å². The number of imidazole rings is 1. The SMILES string of the molecule is Cn1c(Nc2c(Cl)ccc(CNC(=O)C(C)(C)C)c2Cl)nc2cc(C(=O)Nc3cccc(F)c3)c(OCC(F)F)cc21. The summed E-state index contributed by atoms with van der Waals surface area (Å²) in [7, 11) is 1.66. The normalized spacial score (nSPS) is 11.6. The molecule has 0 saturated heterocycles. The number of aryl methyl sites for hydroxylation is 1. The van der Waals surface area contributed by atoms with Crippen molar-refractivity contribution in [3.63, 3.8) is 0 Å². The van der Waals surface area contributed by atoms with Gasteiger partial charge in [-0.05, 0) is 35.9 Å². The molecule has 0 aliphatic heterocycles. The molecule has 8 nitrogen and oxygen atoms in total. The number of nitrogens with one attached hydrogen (secondary N) is 3. The lowest BCUT2D eigenvalue weighted by Crippen LogP contribution is -2.34. The molecule has 3 N–H and O–H groups in total. The van der Waals surface area contributed by atoms with Gasteiger partial charge in [-0.1, -0.05) is 56.1 Å². The van der Waals surface area contributed by atoms with Gasteiger partial charge in [0.25, 0.3) is 12.3 Å². The summed E-state index contributed by atoms with van der Waals surface area (Å²) in [5.74, 6) is -1.26. The van der Waals surface area contributed by atoms with Crippen LogP contribution in [0.15, 0.2) is 48.5 Å². The van der Waals surface area contributed by atoms with Gasteiger partial charge >= 0.3 is 0 Å². The van der Waals surface area contributed by atoms with Crippen molar-refractivity contribution in [3.8, 4) is 5.75 Å². The zero-order chi connectivity index (χ0) is 30.8. The molecule has 0 atom stereocenters. The van der Waals surface area contributed by atoms with E-state index in [0.29, 0.717) is 22.3 Å². The summed E-state index contributed by atoms with van der Waals surface area (Å²) in [5.41, 5.74) is 1.23. The third-order valence-corrected chi connectivity index (χ3v) is 6.95. The molecule has 0 fully saturated rings. The van der Waals surface area contributed by atoms with Crippen molar-refractivity contribution in [2.75, 3.05) is 17.2 Å². The first-order valence-corrected chi connectivity index (χ1v) is 13.5. The molecule has 0 saturated carbocycles. The van der Waals surface area contributed by atoms with Gasteiger partial charge in [0.1, 0.15) is 18.2 Å². The van der Waals surface area contributed by atoms with E-state index in [0.717, 1.165) is 6.07 Å². The second-order valence-corrected chi connectivity index (χ2v) is 11.2. The Morgan fingerprint density at radius 1 is 1.10 bits per heavy atom. The van der Waals surface area contributed by atoms with Crippen molar-refractivity contribution in [1.82, 2.24) is 14.9 Å². The maximum atomic E-state index is 13.6. The molecule has 13 heteroatoms. The molecule has 4 rings (SSSR count). The Morgan fingerprint density at radius 3 is 2.50 bits per heavy atom. The van der Waals surface area contributed by atoms with E-state index in [1.54, 1.807) is 44.5 Å². The van der Waals surface area contributed by atoms with Crippen molar-refractivity contribution in [3.05, 3.63) is 75.5 Å². The van der Waals surface area contributed by atoms with Crippen LogP contribution >= 0.6 is 23.2 Å². The summed E-state index contributed by atoms with van der Waals surface area (Å²) in [6, 6.07) is 11.4. The number of anilines is 3. The van der Waals surface area contributed by atoms with Crippen molar-refractivity contribution < 1.29 is 27.5 Å². The fourth-order valence-corrected chi connectivity index (χ4v) is 4.48. The van der Waals surface area contributed by atoms with Gasteiger partial charge in [0.05, 0.1) is 32.3 Å². The number of amides is 2. The number of rotatable bonds is 9. The molecule has 0 unspecified atom stereocenters. The van der Waals surface area contributed by atoms with Crippen LogP contribution in [0.5, 0.6) is 5.75 Å². The van der Waals surface area contributed by atoms with E-state index in [4.69, 9.17) is 27.9 Å². The molecule has 0 spiro atoms. The van der Waals surface area contributed by atoms with Gasteiger partial charge in [-0.15, -0.1) is 0 Å². The van der Waals surface area contributed by atoms with Crippen LogP contribution in [0.25, 0.3) is 11.0 Å². The average Bonchev–Trinajstić information content (AvgIpc) is 3.22. The summed E-state index contributed by atoms with van der Waals surface area (Å²) in [6.07, 6.45) is -2.78. The molecule has 0 radical (unpaired) electrons. The van der Waals surface area contributed by atoms with Crippen LogP contribution in [0.4, 0.5) is 30.5 Å². The van der Waals surface area contributed by atoms with Gasteiger partial charge in [-0.2, -0.15) is 0 Å². The maximum absolute atomic E-state index is 13.6. The van der Waals surface area contributed by atoms with Gasteiger partial charge in [-0.3, -0.25) is 9.59 Å². The molecule has 42 heavy (non-hydrogen) atoms. The average molecular weight is 622 g/mol. The Balaban J connectivity index is 1.68. The Hall–Kier alpha value is -3.96. The number of alkyl halides is 2. The van der Waals surface area contributed by atoms with Crippen LogP contribution in [-0.4, -0.2) is 34.4 Å². The van der Waals surface area contributed by atoms with E-state index in [9.17, 15) is 22.8 Å². The minimum Gasteiger partial charge on any atom is -0.487 e. The molecule has 0 bridgehead atoms. The summed E-state index contributed by atoms with van der Waals surface area (Å²) in [6.45, 7) is 4.61. The molecule has 1 aromatic heterocycles. The van der Waals surface area contributed by atoms with E-state index in [2.05, 4.69) is 20.9 Å². The molecule has 4 aromatic rings. The molecular formula is C29H28Cl2F3N5O3. The van der Waals surface area contributed by atoms with E-state index >= 15 is 0 Å². The third-order valence-electron chi connectivity index (χ3n) is 6.20. The highest BCUT2D eigenvalue weighted by atomic mass is 35.5. The maximum Gasteiger partial charge on any atom is 0.272 e. The number of aromatic nitrogens is 2. The number of ether oxygens (including phenoxy) is 1. The molecule has 1 heterocycles. The first-order chi connectivity index (χ1) is 19.7. The topological polar surface area (TPSA) is 97.3 Å². The van der Waals surface area contributed by atoms with E-state index in [1.165, 1.54) is 30.3 Å². The molecule has 222 valence electrons. The second kappa shape index (κ2) is 12.5. The van der Waals surface area contributed by atoms with Crippen LogP contribution in [0.1, 0.15) is 36.7 Å². The highest BCUT2D eigenvalue weighted by Crippen LogP contribution is 2.37. The van der Waals surface area contributed by atoms with Gasteiger partial charge in [0.15, 0.2) is 0 Å². The van der Waals surface area contributed by atoms with Gasteiger partial charge < -0.3 is 25.3 Å². The standard InChI is InChI=1S/C29H28Cl2F3N5O3/c1-29(2,3)27(41)35-13-15-8-9-19(30)25(24(15)31)38-28-37-20-11-18(26(40)36-17-7-5-6-16(32)10-17)22(42-14-23(33)34)12-21(20)39(28)4/h5-12,23H,13-14H2,1-4H3,(H,35,41)(H,36,40)(H,37,38). The Bertz CT molecular complexity index is 1650. The smallest absolute Gasteiger partial charge is 0.272 e. The quantitative estimate of drug-likeness (QED) is 0.182. The van der Waals surface area contributed by atoms with E-state index in [-0.39, 0.29) is 45.4 Å². The lowest BCUT2D eigenvalue weighted by molar-refractivity contribution is -0.128. The monoisotopic (exact) mass is 621 g/mol. The summed E-state index contributed by atoms with van der Waals surface area (Å²) >= 11 is 13.1. The van der Waals surface area contributed by atoms with Gasteiger partial charge in [0, 0.05) is 30.8 Å². The molecule has 3 aromatic carbocycles. The highest BCUT2D eigenvalue weighted by molar-refractivity contribution is 6.39. The van der Waals surface area contributed by atoms with Crippen molar-refractivity contribution in [1.29, 1.82) is 0 Å². The number of nitrogens with zero attached hydrogens (tertiary/aromatic N) is 2. The van der Waals surface area contributed by atoms with Gasteiger partial charge in [0.2, 0.25) is 11.9 Å². The van der Waals surface area contributed by atoms with Crippen LogP contribution in [0.3, 0.4) is 0 Å². The predicted octanol–water partition coefficient (Wildman–Crippen LogP) is 7.32. The number of halogens is 5. The fraction of sp³-hybridized carbons (Fsp3) is 0.276. The summed E-state index contributed by atoms with van der Waals surface area (Å²) in [4.78, 5) is 30.0. The number of hydrogen-bond acceptors (Lipinski definition) is 5. The largest absolute Gasteiger partial charge is 0.487 e. The summed E-state index contributed by atoms with van der Waals surface area (Å²) < 4.78 is 46.5. The molecule has 0 aliphatic rings. The summed E-state index contributed by atoms with van der Waals surface area (Å²) in [5, 5.41) is 9.03. The highest BCUT2D eigenvalue weighted by Gasteiger charge is 2.23. The van der Waals surface area contributed by atoms with Crippen molar-refractivity contribution in [2.45, 2.75) is 33.7 Å². The first kappa shape index (κ1) is 31.0. The molecular weight excluding hydrogens is 594 g/mol. The Morgan fingerprint density at radius 2 is 1.83 bits per heavy atom. The van der Waals surface area contributed by atoms with E-state index < -0.39 is 30.2 Å². The Kier molecular flexibility index (Phi) is 9.22. The zero-order valence-corrected chi connectivity index (χ0v) is 24.6. The fourth-order valence-electron chi connectivity index (χ4n) is 3.94. The molecule has 2 amide bonds. The number of benzene rings is 3. The number of carbonyl (C=O) groups excluding carboxylic acids is 2. The zero-order valence-electron chi connectivity index (χ0n) is 23.1. The predicted molar refractivity (Wildman–Crippen MR) is 158 cm³/mol. The van der Waals surface area contributed by atoms with Crippen LogP contribution in [0, 0.1) is 11.2 Å². The molecule has 0 aliphatic carbocycles. The van der Waals surface area contributed by atoms with Gasteiger partial charge in [-0.25, -0.2) is 18.2 Å². The lowest BCUT2D eigenvalue weighted by atomic mass is 9.95. The van der Waals surface area contributed by atoms with E-state index in [1.807, 2.05) is 0 Å². The number of carbonyl (C=O) groups is 2. The van der Waals surface area contributed by atoms with Crippen LogP contribution in [0.2, 0.25) is 10.0 Å². The van der Waals surface area contributed by atoms with Crippen LogP contribution in [-0.2, 0) is 18.4 Å². The minimum absolute atomic E-state index is 0.0790. The van der Waals surface area contributed by atoms with Crippen molar-refractivity contribution >= 4 is 63.4 Å². The second-order valence-electron chi connectivity index (χ2n) is 10.5. The minimum atomic E-state index is -2.78. The lowest BCUT2D eigenvalue weighted by Gasteiger charge is -2.19. The van der Waals surface area contributed by atoms with Crippen molar-refractivity contribution in [2.24, 2.45) is 12.5 Å². The third kappa shape index (κ3) is 7.08. The van der Waals surface area contributed by atoms with Crippen LogP contribution < -0.4 is 20.7 Å².